The van der Waals surface area contributed by atoms with E-state index in [-0.39, 0.29) is 18.0 Å². The molecule has 0 aliphatic heterocycles. The average molecular weight is 296 g/mol. The monoisotopic (exact) mass is 296 g/mol. The Kier molecular flexibility index (Phi) is 4.57. The summed E-state index contributed by atoms with van der Waals surface area (Å²) in [7, 11) is 0. The summed E-state index contributed by atoms with van der Waals surface area (Å²) in [5, 5.41) is 2.94. The minimum atomic E-state index is -0.920. The first-order valence-corrected chi connectivity index (χ1v) is 6.41. The van der Waals surface area contributed by atoms with Gasteiger partial charge < -0.3 is 15.8 Å². The highest BCUT2D eigenvalue weighted by Gasteiger charge is 2.09. The standard InChI is InChI=1S/C15H15F3N2O/c1-2-21-15-7-14(13(19)6-12(15)18)20-8-9-3-4-10(16)11(17)5-9/h3-7,20H,2,8,19H2,1H3. The number of nitrogens with two attached hydrogens (primary N) is 1. The molecule has 3 nitrogen and oxygen atoms in total. The minimum Gasteiger partial charge on any atom is -0.491 e. The highest BCUT2D eigenvalue weighted by Crippen LogP contribution is 2.28. The summed E-state index contributed by atoms with van der Waals surface area (Å²) in [6.45, 7) is 2.28. The molecule has 0 aliphatic carbocycles. The number of rotatable bonds is 5. The second-order valence-corrected chi connectivity index (χ2v) is 4.40. The number of halogens is 3. The Morgan fingerprint density at radius 3 is 2.48 bits per heavy atom. The van der Waals surface area contributed by atoms with Gasteiger partial charge in [-0.1, -0.05) is 6.07 Å². The Labute approximate surface area is 120 Å². The van der Waals surface area contributed by atoms with E-state index < -0.39 is 17.5 Å². The lowest BCUT2D eigenvalue weighted by atomic mass is 10.2. The van der Waals surface area contributed by atoms with Gasteiger partial charge >= 0.3 is 0 Å². The van der Waals surface area contributed by atoms with E-state index in [9.17, 15) is 13.2 Å². The molecule has 0 heterocycles. The lowest BCUT2D eigenvalue weighted by molar-refractivity contribution is 0.322. The molecule has 2 aromatic carbocycles. The van der Waals surface area contributed by atoms with Crippen molar-refractivity contribution >= 4 is 11.4 Å². The van der Waals surface area contributed by atoms with Crippen LogP contribution in [0.2, 0.25) is 0 Å². The van der Waals surface area contributed by atoms with Gasteiger partial charge in [-0.2, -0.15) is 0 Å². The fourth-order valence-corrected chi connectivity index (χ4v) is 1.83. The summed E-state index contributed by atoms with van der Waals surface area (Å²) in [6.07, 6.45) is 0. The van der Waals surface area contributed by atoms with Gasteiger partial charge in [-0.15, -0.1) is 0 Å². The third-order valence-corrected chi connectivity index (χ3v) is 2.87. The van der Waals surface area contributed by atoms with Crippen molar-refractivity contribution in [2.75, 3.05) is 17.7 Å². The van der Waals surface area contributed by atoms with Gasteiger partial charge in [0.15, 0.2) is 23.2 Å². The van der Waals surface area contributed by atoms with Crippen LogP contribution in [0.5, 0.6) is 5.75 Å². The van der Waals surface area contributed by atoms with Crippen molar-refractivity contribution in [3.05, 3.63) is 53.3 Å². The van der Waals surface area contributed by atoms with Gasteiger partial charge in [0, 0.05) is 18.7 Å². The zero-order chi connectivity index (χ0) is 15.4. The molecular formula is C15H15F3N2O. The van der Waals surface area contributed by atoms with Crippen LogP contribution in [-0.2, 0) is 6.54 Å². The first-order chi connectivity index (χ1) is 10.0. The summed E-state index contributed by atoms with van der Waals surface area (Å²) in [5.41, 5.74) is 6.92. The molecule has 2 aromatic rings. The van der Waals surface area contributed by atoms with Gasteiger partial charge in [0.2, 0.25) is 0 Å². The van der Waals surface area contributed by atoms with Crippen molar-refractivity contribution in [1.82, 2.24) is 0 Å². The first kappa shape index (κ1) is 15.0. The normalized spacial score (nSPS) is 10.5. The summed E-state index contributed by atoms with van der Waals surface area (Å²) < 4.78 is 44.6. The second-order valence-electron chi connectivity index (χ2n) is 4.40. The number of anilines is 2. The number of ether oxygens (including phenoxy) is 1. The smallest absolute Gasteiger partial charge is 0.167 e. The van der Waals surface area contributed by atoms with Crippen LogP contribution in [0.1, 0.15) is 12.5 Å². The van der Waals surface area contributed by atoms with Crippen molar-refractivity contribution < 1.29 is 17.9 Å². The number of nitrogens with one attached hydrogen (secondary N) is 1. The van der Waals surface area contributed by atoms with E-state index in [4.69, 9.17) is 10.5 Å². The molecule has 0 spiro atoms. The van der Waals surface area contributed by atoms with E-state index in [2.05, 4.69) is 5.32 Å². The van der Waals surface area contributed by atoms with Crippen LogP contribution in [0.25, 0.3) is 0 Å². The fraction of sp³-hybridized carbons (Fsp3) is 0.200. The maximum absolute atomic E-state index is 13.6. The molecular weight excluding hydrogens is 281 g/mol. The molecule has 0 aliphatic rings. The summed E-state index contributed by atoms with van der Waals surface area (Å²) >= 11 is 0. The average Bonchev–Trinajstić information content (AvgIpc) is 2.44. The highest BCUT2D eigenvalue weighted by atomic mass is 19.2. The van der Waals surface area contributed by atoms with Crippen LogP contribution < -0.4 is 15.8 Å². The van der Waals surface area contributed by atoms with Crippen molar-refractivity contribution in [3.8, 4) is 5.75 Å². The van der Waals surface area contributed by atoms with Crippen LogP contribution in [0.3, 0.4) is 0 Å². The number of hydrogen-bond donors (Lipinski definition) is 2. The molecule has 0 saturated carbocycles. The Bertz CT molecular complexity index is 647. The number of hydrogen-bond acceptors (Lipinski definition) is 3. The molecule has 0 unspecified atom stereocenters. The van der Waals surface area contributed by atoms with E-state index in [0.717, 1.165) is 18.2 Å². The van der Waals surface area contributed by atoms with E-state index >= 15 is 0 Å². The number of nitrogen functional groups attached to an aromatic ring is 1. The minimum absolute atomic E-state index is 0.0829. The molecule has 0 amide bonds. The summed E-state index contributed by atoms with van der Waals surface area (Å²) in [5.74, 6) is -2.29. The predicted molar refractivity (Wildman–Crippen MR) is 75.7 cm³/mol. The maximum atomic E-state index is 13.6. The van der Waals surface area contributed by atoms with Gasteiger partial charge in [0.05, 0.1) is 18.0 Å². The molecule has 112 valence electrons. The highest BCUT2D eigenvalue weighted by molar-refractivity contribution is 5.68. The maximum Gasteiger partial charge on any atom is 0.167 e. The lowest BCUT2D eigenvalue weighted by Crippen LogP contribution is -2.05. The van der Waals surface area contributed by atoms with E-state index in [1.54, 1.807) is 6.92 Å². The van der Waals surface area contributed by atoms with Crippen molar-refractivity contribution in [1.29, 1.82) is 0 Å². The van der Waals surface area contributed by atoms with E-state index in [1.165, 1.54) is 12.1 Å². The van der Waals surface area contributed by atoms with Crippen molar-refractivity contribution in [3.63, 3.8) is 0 Å². The Balaban J connectivity index is 2.15. The SMILES string of the molecule is CCOc1cc(NCc2ccc(F)c(F)c2)c(N)cc1F. The van der Waals surface area contributed by atoms with Gasteiger partial charge in [-0.05, 0) is 24.6 Å². The quantitative estimate of drug-likeness (QED) is 0.827. The van der Waals surface area contributed by atoms with Crippen LogP contribution in [0, 0.1) is 17.5 Å². The molecule has 0 fully saturated rings. The van der Waals surface area contributed by atoms with Gasteiger partial charge in [0.25, 0.3) is 0 Å². The third-order valence-electron chi connectivity index (χ3n) is 2.87. The van der Waals surface area contributed by atoms with Crippen LogP contribution >= 0.6 is 0 Å². The van der Waals surface area contributed by atoms with Crippen LogP contribution in [0.15, 0.2) is 30.3 Å². The molecule has 0 atom stereocenters. The molecule has 21 heavy (non-hydrogen) atoms. The van der Waals surface area contributed by atoms with Gasteiger partial charge in [-0.25, -0.2) is 13.2 Å². The van der Waals surface area contributed by atoms with Crippen LogP contribution in [-0.4, -0.2) is 6.61 Å². The molecule has 0 saturated heterocycles. The molecule has 6 heteroatoms. The zero-order valence-electron chi connectivity index (χ0n) is 11.4. The summed E-state index contributed by atoms with van der Waals surface area (Å²) in [4.78, 5) is 0. The Hall–Kier alpha value is -2.37. The first-order valence-electron chi connectivity index (χ1n) is 6.41. The van der Waals surface area contributed by atoms with E-state index in [0.29, 0.717) is 17.9 Å². The molecule has 0 bridgehead atoms. The largest absolute Gasteiger partial charge is 0.491 e. The van der Waals surface area contributed by atoms with E-state index in [1.807, 2.05) is 0 Å². The third kappa shape index (κ3) is 3.59. The van der Waals surface area contributed by atoms with Gasteiger partial charge in [-0.3, -0.25) is 0 Å². The lowest BCUT2D eigenvalue weighted by Gasteiger charge is -2.13. The second kappa shape index (κ2) is 6.39. The van der Waals surface area contributed by atoms with Crippen molar-refractivity contribution in [2.45, 2.75) is 13.5 Å². The Morgan fingerprint density at radius 1 is 1.05 bits per heavy atom. The molecule has 0 aromatic heterocycles. The van der Waals surface area contributed by atoms with Gasteiger partial charge in [0.1, 0.15) is 0 Å². The Morgan fingerprint density at radius 2 is 1.81 bits per heavy atom. The molecule has 2 rings (SSSR count). The summed E-state index contributed by atoms with van der Waals surface area (Å²) in [6, 6.07) is 6.18. The number of benzene rings is 2. The zero-order valence-corrected chi connectivity index (χ0v) is 11.4. The van der Waals surface area contributed by atoms with Crippen LogP contribution in [0.4, 0.5) is 24.5 Å². The fourth-order valence-electron chi connectivity index (χ4n) is 1.83. The van der Waals surface area contributed by atoms with Crippen molar-refractivity contribution in [2.24, 2.45) is 0 Å². The molecule has 0 radical (unpaired) electrons. The molecule has 3 N–H and O–H groups in total. The topological polar surface area (TPSA) is 47.3 Å². The predicted octanol–water partition coefficient (Wildman–Crippen LogP) is 3.70.